The molecule has 2 aromatic carbocycles. The first kappa shape index (κ1) is 14.4. The van der Waals surface area contributed by atoms with Gasteiger partial charge in [-0.3, -0.25) is 0 Å². The van der Waals surface area contributed by atoms with E-state index in [1.165, 1.54) is 12.1 Å². The van der Waals surface area contributed by atoms with Crippen molar-refractivity contribution in [3.05, 3.63) is 57.3 Å². The van der Waals surface area contributed by atoms with Crippen LogP contribution in [-0.4, -0.2) is 11.1 Å². The average molecular weight is 362 g/mol. The highest BCUT2D eigenvalue weighted by Crippen LogP contribution is 2.37. The van der Waals surface area contributed by atoms with E-state index in [4.69, 9.17) is 16.7 Å². The number of aromatic carboxylic acids is 1. The standard InChI is InChI=1S/C13H7BrClFO2S/c14-11-7(13(17)18)5-6-10(12(11)16)19-9-4-2-1-3-8(9)15/h1-6H,(H,17,18). The van der Waals surface area contributed by atoms with Crippen molar-refractivity contribution in [2.45, 2.75) is 9.79 Å². The van der Waals surface area contributed by atoms with Gasteiger partial charge < -0.3 is 5.11 Å². The van der Waals surface area contributed by atoms with Gasteiger partial charge in [0.05, 0.1) is 15.1 Å². The lowest BCUT2D eigenvalue weighted by Gasteiger charge is -2.08. The van der Waals surface area contributed by atoms with Crippen LogP contribution in [0.2, 0.25) is 5.02 Å². The van der Waals surface area contributed by atoms with Crippen molar-refractivity contribution < 1.29 is 14.3 Å². The van der Waals surface area contributed by atoms with E-state index in [-0.39, 0.29) is 10.0 Å². The Morgan fingerprint density at radius 2 is 1.89 bits per heavy atom. The number of benzene rings is 2. The van der Waals surface area contributed by atoms with Crippen molar-refractivity contribution in [2.24, 2.45) is 0 Å². The maximum absolute atomic E-state index is 14.1. The van der Waals surface area contributed by atoms with E-state index in [2.05, 4.69) is 15.9 Å². The van der Waals surface area contributed by atoms with Gasteiger partial charge in [0.1, 0.15) is 0 Å². The van der Waals surface area contributed by atoms with Crippen molar-refractivity contribution in [3.8, 4) is 0 Å². The molecule has 0 saturated carbocycles. The molecule has 0 aromatic heterocycles. The molecule has 19 heavy (non-hydrogen) atoms. The average Bonchev–Trinajstić information content (AvgIpc) is 2.37. The highest BCUT2D eigenvalue weighted by Gasteiger charge is 2.17. The van der Waals surface area contributed by atoms with Gasteiger partial charge in [-0.15, -0.1) is 0 Å². The van der Waals surface area contributed by atoms with Crippen LogP contribution >= 0.6 is 39.3 Å². The fourth-order valence-corrected chi connectivity index (χ4v) is 3.20. The first-order valence-corrected chi connectivity index (χ1v) is 7.13. The molecule has 6 heteroatoms. The van der Waals surface area contributed by atoms with Crippen LogP contribution in [0, 0.1) is 5.82 Å². The summed E-state index contributed by atoms with van der Waals surface area (Å²) < 4.78 is 14.0. The molecule has 1 N–H and O–H groups in total. The van der Waals surface area contributed by atoms with Crippen molar-refractivity contribution in [2.75, 3.05) is 0 Å². The number of hydrogen-bond donors (Lipinski definition) is 1. The highest BCUT2D eigenvalue weighted by molar-refractivity contribution is 9.10. The Hall–Kier alpha value is -1.04. The summed E-state index contributed by atoms with van der Waals surface area (Å²) in [7, 11) is 0. The smallest absolute Gasteiger partial charge is 0.336 e. The van der Waals surface area contributed by atoms with Crippen molar-refractivity contribution in [3.63, 3.8) is 0 Å². The molecule has 0 aliphatic rings. The van der Waals surface area contributed by atoms with Gasteiger partial charge in [-0.25, -0.2) is 9.18 Å². The molecule has 2 aromatic rings. The summed E-state index contributed by atoms with van der Waals surface area (Å²) >= 11 is 10.1. The van der Waals surface area contributed by atoms with Gasteiger partial charge >= 0.3 is 5.97 Å². The Labute approximate surface area is 126 Å². The minimum atomic E-state index is -1.18. The monoisotopic (exact) mass is 360 g/mol. The predicted molar refractivity (Wildman–Crippen MR) is 76.6 cm³/mol. The molecule has 0 saturated heterocycles. The molecule has 98 valence electrons. The maximum atomic E-state index is 14.1. The molecule has 0 bridgehead atoms. The SMILES string of the molecule is O=C(O)c1ccc(Sc2ccccc2Cl)c(F)c1Br. The number of carbonyl (C=O) groups is 1. The summed E-state index contributed by atoms with van der Waals surface area (Å²) in [4.78, 5) is 11.9. The zero-order chi connectivity index (χ0) is 14.0. The number of carboxylic acid groups (broad SMARTS) is 1. The van der Waals surface area contributed by atoms with Crippen molar-refractivity contribution >= 4 is 45.3 Å². The van der Waals surface area contributed by atoms with Gasteiger partial charge in [0, 0.05) is 9.79 Å². The Kier molecular flexibility index (Phi) is 4.50. The highest BCUT2D eigenvalue weighted by atomic mass is 79.9. The van der Waals surface area contributed by atoms with Crippen LogP contribution < -0.4 is 0 Å². The van der Waals surface area contributed by atoms with E-state index in [0.29, 0.717) is 14.8 Å². The van der Waals surface area contributed by atoms with Gasteiger partial charge in [-0.2, -0.15) is 0 Å². The lowest BCUT2D eigenvalue weighted by molar-refractivity contribution is 0.0695. The molecule has 2 nitrogen and oxygen atoms in total. The fourth-order valence-electron chi connectivity index (χ4n) is 1.42. The number of rotatable bonds is 3. The van der Waals surface area contributed by atoms with Crippen molar-refractivity contribution in [1.29, 1.82) is 0 Å². The molecule has 0 amide bonds. The third kappa shape index (κ3) is 3.11. The summed E-state index contributed by atoms with van der Waals surface area (Å²) in [6.07, 6.45) is 0. The fraction of sp³-hybridized carbons (Fsp3) is 0. The quantitative estimate of drug-likeness (QED) is 0.827. The second-order valence-electron chi connectivity index (χ2n) is 3.58. The van der Waals surface area contributed by atoms with Gasteiger partial charge in [-0.05, 0) is 40.2 Å². The van der Waals surface area contributed by atoms with Crippen LogP contribution in [0.1, 0.15) is 10.4 Å². The molecule has 0 spiro atoms. The third-order valence-corrected chi connectivity index (χ3v) is 4.66. The van der Waals surface area contributed by atoms with E-state index in [1.54, 1.807) is 24.3 Å². The molecule has 0 radical (unpaired) electrons. The van der Waals surface area contributed by atoms with E-state index >= 15 is 0 Å². The van der Waals surface area contributed by atoms with Crippen molar-refractivity contribution in [1.82, 2.24) is 0 Å². The minimum absolute atomic E-state index is 0.0583. The Balaban J connectivity index is 2.40. The van der Waals surface area contributed by atoms with Gasteiger partial charge in [0.15, 0.2) is 5.82 Å². The summed E-state index contributed by atoms with van der Waals surface area (Å²) in [5.74, 6) is -1.79. The zero-order valence-electron chi connectivity index (χ0n) is 9.36. The largest absolute Gasteiger partial charge is 0.478 e. The molecular formula is C13H7BrClFO2S. The van der Waals surface area contributed by atoms with Crippen LogP contribution in [0.3, 0.4) is 0 Å². The zero-order valence-corrected chi connectivity index (χ0v) is 12.5. The number of hydrogen-bond acceptors (Lipinski definition) is 2. The van der Waals surface area contributed by atoms with Crippen LogP contribution in [0.5, 0.6) is 0 Å². The molecule has 0 aliphatic carbocycles. The van der Waals surface area contributed by atoms with Gasteiger partial charge in [0.2, 0.25) is 0 Å². The summed E-state index contributed by atoms with van der Waals surface area (Å²) in [6, 6.07) is 9.85. The Morgan fingerprint density at radius 3 is 2.53 bits per heavy atom. The first-order valence-electron chi connectivity index (χ1n) is 5.14. The lowest BCUT2D eigenvalue weighted by Crippen LogP contribution is -2.00. The van der Waals surface area contributed by atoms with Crippen LogP contribution in [-0.2, 0) is 0 Å². The molecule has 0 fully saturated rings. The normalized spacial score (nSPS) is 10.5. The van der Waals surface area contributed by atoms with Crippen LogP contribution in [0.25, 0.3) is 0 Å². The minimum Gasteiger partial charge on any atom is -0.478 e. The Bertz CT molecular complexity index is 649. The molecule has 0 aliphatic heterocycles. The van der Waals surface area contributed by atoms with E-state index in [0.717, 1.165) is 11.8 Å². The molecule has 0 heterocycles. The predicted octanol–water partition coefficient (Wildman–Crippen LogP) is 5.09. The van der Waals surface area contributed by atoms with E-state index < -0.39 is 11.8 Å². The second-order valence-corrected chi connectivity index (χ2v) is 5.86. The lowest BCUT2D eigenvalue weighted by atomic mass is 10.2. The molecule has 0 unspecified atom stereocenters. The first-order chi connectivity index (χ1) is 9.00. The third-order valence-electron chi connectivity index (χ3n) is 2.33. The second kappa shape index (κ2) is 5.94. The van der Waals surface area contributed by atoms with Gasteiger partial charge in [0.25, 0.3) is 0 Å². The van der Waals surface area contributed by atoms with Gasteiger partial charge in [-0.1, -0.05) is 35.5 Å². The summed E-state index contributed by atoms with van der Waals surface area (Å²) in [6.45, 7) is 0. The molecule has 2 rings (SSSR count). The van der Waals surface area contributed by atoms with E-state index in [1.807, 2.05) is 0 Å². The number of carboxylic acids is 1. The number of halogens is 3. The summed E-state index contributed by atoms with van der Waals surface area (Å²) in [5.41, 5.74) is -0.110. The molecular weight excluding hydrogens is 355 g/mol. The topological polar surface area (TPSA) is 37.3 Å². The van der Waals surface area contributed by atoms with E-state index in [9.17, 15) is 9.18 Å². The van der Waals surface area contributed by atoms with Crippen LogP contribution in [0.4, 0.5) is 4.39 Å². The maximum Gasteiger partial charge on any atom is 0.336 e. The van der Waals surface area contributed by atoms with Crippen LogP contribution in [0.15, 0.2) is 50.7 Å². The summed E-state index contributed by atoms with van der Waals surface area (Å²) in [5, 5.41) is 9.41. The Morgan fingerprint density at radius 1 is 1.21 bits per heavy atom. The molecule has 0 atom stereocenters.